The first-order valence-electron chi connectivity index (χ1n) is 8.71. The topological polar surface area (TPSA) is 52.0 Å². The third kappa shape index (κ3) is 3.69. The van der Waals surface area contributed by atoms with Gasteiger partial charge in [-0.05, 0) is 59.1 Å². The largest absolute Gasteiger partial charge is 0.398 e. The van der Waals surface area contributed by atoms with Gasteiger partial charge in [0.1, 0.15) is 0 Å². The van der Waals surface area contributed by atoms with Crippen LogP contribution in [-0.2, 0) is 25.7 Å². The van der Waals surface area contributed by atoms with Crippen LogP contribution < -0.4 is 11.5 Å². The van der Waals surface area contributed by atoms with Gasteiger partial charge in [0.05, 0.1) is 0 Å². The van der Waals surface area contributed by atoms with E-state index in [-0.39, 0.29) is 0 Å². The van der Waals surface area contributed by atoms with Crippen molar-refractivity contribution >= 4 is 11.4 Å². The van der Waals surface area contributed by atoms with Crippen LogP contribution in [0.15, 0.2) is 24.3 Å². The molecule has 0 heterocycles. The van der Waals surface area contributed by atoms with E-state index in [2.05, 4.69) is 58.4 Å². The highest BCUT2D eigenvalue weighted by Gasteiger charge is 2.10. The Morgan fingerprint density at radius 1 is 0.609 bits per heavy atom. The van der Waals surface area contributed by atoms with E-state index in [1.807, 2.05) is 0 Å². The van der Waals surface area contributed by atoms with Crippen molar-refractivity contribution < 1.29 is 0 Å². The summed E-state index contributed by atoms with van der Waals surface area (Å²) in [6, 6.07) is 8.84. The first kappa shape index (κ1) is 17.4. The molecule has 0 bridgehead atoms. The van der Waals surface area contributed by atoms with E-state index >= 15 is 0 Å². The molecule has 0 amide bonds. The van der Waals surface area contributed by atoms with Crippen molar-refractivity contribution in [2.24, 2.45) is 0 Å². The molecule has 2 aromatic rings. The van der Waals surface area contributed by atoms with Crippen LogP contribution in [0, 0.1) is 6.42 Å². The lowest BCUT2D eigenvalue weighted by molar-refractivity contribution is 1.08. The molecule has 2 aromatic carbocycles. The highest BCUT2D eigenvalue weighted by Crippen LogP contribution is 2.27. The predicted octanol–water partition coefficient (Wildman–Crippen LogP) is 4.70. The van der Waals surface area contributed by atoms with Crippen molar-refractivity contribution in [1.82, 2.24) is 0 Å². The Balaban J connectivity index is 2.43. The maximum atomic E-state index is 6.25. The van der Waals surface area contributed by atoms with Crippen molar-refractivity contribution in [3.8, 4) is 0 Å². The van der Waals surface area contributed by atoms with Crippen LogP contribution in [-0.4, -0.2) is 0 Å². The number of aryl methyl sites for hydroxylation is 4. The van der Waals surface area contributed by atoms with Crippen molar-refractivity contribution in [3.63, 3.8) is 0 Å². The molecule has 2 heteroatoms. The van der Waals surface area contributed by atoms with E-state index < -0.39 is 0 Å². The Labute approximate surface area is 140 Å². The first-order valence-corrected chi connectivity index (χ1v) is 8.71. The average molecular weight is 309 g/mol. The fraction of sp³-hybridized carbons (Fsp3) is 0.381. The standard InChI is InChI=1S/C21H29N2/c1-5-16-10-14(11-17(6-2)20(16)22)9-15-12-18(7-3)21(23)19(8-4)13-15/h9-13H,5-8,22-23H2,1-4H3. The maximum Gasteiger partial charge on any atom is 0.0379 e. The van der Waals surface area contributed by atoms with Crippen molar-refractivity contribution in [3.05, 3.63) is 64.1 Å². The van der Waals surface area contributed by atoms with Crippen LogP contribution >= 0.6 is 0 Å². The van der Waals surface area contributed by atoms with Gasteiger partial charge < -0.3 is 11.5 Å². The lowest BCUT2D eigenvalue weighted by Gasteiger charge is -2.15. The number of nitrogen functional groups attached to an aromatic ring is 2. The second-order valence-electron chi connectivity index (χ2n) is 6.06. The molecule has 0 aliphatic heterocycles. The van der Waals surface area contributed by atoms with E-state index in [4.69, 9.17) is 11.5 Å². The molecule has 0 atom stereocenters. The van der Waals surface area contributed by atoms with Gasteiger partial charge in [0, 0.05) is 17.8 Å². The van der Waals surface area contributed by atoms with Crippen LogP contribution in [0.25, 0.3) is 0 Å². The van der Waals surface area contributed by atoms with Gasteiger partial charge in [-0.1, -0.05) is 52.0 Å². The van der Waals surface area contributed by atoms with Gasteiger partial charge in [-0.3, -0.25) is 0 Å². The molecule has 1 radical (unpaired) electrons. The number of rotatable bonds is 6. The minimum absolute atomic E-state index is 0.952. The average Bonchev–Trinajstić information content (AvgIpc) is 2.57. The molecule has 2 rings (SSSR count). The quantitative estimate of drug-likeness (QED) is 0.760. The Bertz CT molecular complexity index is 577. The zero-order chi connectivity index (χ0) is 17.0. The molecule has 123 valence electrons. The molecule has 0 fully saturated rings. The smallest absolute Gasteiger partial charge is 0.0379 e. The molecule has 0 aliphatic rings. The number of hydrogen-bond acceptors (Lipinski definition) is 2. The van der Waals surface area contributed by atoms with Crippen molar-refractivity contribution in [2.45, 2.75) is 53.4 Å². The Morgan fingerprint density at radius 3 is 1.09 bits per heavy atom. The molecule has 4 N–H and O–H groups in total. The van der Waals surface area contributed by atoms with Gasteiger partial charge in [0.2, 0.25) is 0 Å². The summed E-state index contributed by atoms with van der Waals surface area (Å²) >= 11 is 0. The summed E-state index contributed by atoms with van der Waals surface area (Å²) in [5.74, 6) is 0. The minimum atomic E-state index is 0.952. The zero-order valence-corrected chi connectivity index (χ0v) is 14.9. The van der Waals surface area contributed by atoms with Gasteiger partial charge in [0.25, 0.3) is 0 Å². The highest BCUT2D eigenvalue weighted by atomic mass is 14.6. The number of benzene rings is 2. The van der Waals surface area contributed by atoms with E-state index in [1.165, 1.54) is 33.4 Å². The monoisotopic (exact) mass is 309 g/mol. The Kier molecular flexibility index (Phi) is 5.70. The Morgan fingerprint density at radius 2 is 0.870 bits per heavy atom. The van der Waals surface area contributed by atoms with Crippen LogP contribution in [0.3, 0.4) is 0 Å². The zero-order valence-electron chi connectivity index (χ0n) is 14.9. The molecule has 0 unspecified atom stereocenters. The molecule has 2 nitrogen and oxygen atoms in total. The molecule has 0 saturated heterocycles. The summed E-state index contributed by atoms with van der Waals surface area (Å²) < 4.78 is 0. The van der Waals surface area contributed by atoms with E-state index in [1.54, 1.807) is 0 Å². The maximum absolute atomic E-state index is 6.25. The molecular weight excluding hydrogens is 280 g/mol. The highest BCUT2D eigenvalue weighted by molar-refractivity contribution is 5.61. The van der Waals surface area contributed by atoms with Crippen molar-refractivity contribution in [1.29, 1.82) is 0 Å². The van der Waals surface area contributed by atoms with Crippen LogP contribution in [0.4, 0.5) is 11.4 Å². The Hall–Kier alpha value is -1.96. The minimum Gasteiger partial charge on any atom is -0.398 e. The molecule has 0 saturated carbocycles. The summed E-state index contributed by atoms with van der Waals surface area (Å²) in [6.07, 6.45) is 6.09. The molecule has 23 heavy (non-hydrogen) atoms. The normalized spacial score (nSPS) is 11.0. The van der Waals surface area contributed by atoms with Crippen molar-refractivity contribution in [2.75, 3.05) is 11.5 Å². The summed E-state index contributed by atoms with van der Waals surface area (Å²) in [7, 11) is 0. The molecule has 0 spiro atoms. The third-order valence-corrected chi connectivity index (χ3v) is 4.60. The van der Waals surface area contributed by atoms with E-state index in [9.17, 15) is 0 Å². The summed E-state index contributed by atoms with van der Waals surface area (Å²) in [6.45, 7) is 8.62. The SMILES string of the molecule is CCc1cc([CH]c2cc(CC)c(N)c(CC)c2)cc(CC)c1N. The van der Waals surface area contributed by atoms with Gasteiger partial charge in [0.15, 0.2) is 0 Å². The summed E-state index contributed by atoms with van der Waals surface area (Å²) in [5, 5.41) is 0. The van der Waals surface area contributed by atoms with E-state index in [0.717, 1.165) is 37.1 Å². The number of nitrogens with two attached hydrogens (primary N) is 2. The van der Waals surface area contributed by atoms with Gasteiger partial charge in [-0.25, -0.2) is 0 Å². The summed E-state index contributed by atoms with van der Waals surface area (Å²) in [5.41, 5.74) is 21.8. The fourth-order valence-corrected chi connectivity index (χ4v) is 3.14. The predicted molar refractivity (Wildman–Crippen MR) is 102 cm³/mol. The van der Waals surface area contributed by atoms with Crippen LogP contribution in [0.2, 0.25) is 0 Å². The lowest BCUT2D eigenvalue weighted by atomic mass is 9.93. The second-order valence-corrected chi connectivity index (χ2v) is 6.06. The molecule has 0 aliphatic carbocycles. The first-order chi connectivity index (χ1) is 11.0. The van der Waals surface area contributed by atoms with Gasteiger partial charge in [-0.15, -0.1) is 0 Å². The van der Waals surface area contributed by atoms with Crippen LogP contribution in [0.5, 0.6) is 0 Å². The van der Waals surface area contributed by atoms with Gasteiger partial charge >= 0.3 is 0 Å². The van der Waals surface area contributed by atoms with Crippen LogP contribution in [0.1, 0.15) is 61.1 Å². The number of anilines is 2. The van der Waals surface area contributed by atoms with E-state index in [0.29, 0.717) is 0 Å². The fourth-order valence-electron chi connectivity index (χ4n) is 3.14. The molecule has 0 aromatic heterocycles. The number of hydrogen-bond donors (Lipinski definition) is 2. The summed E-state index contributed by atoms with van der Waals surface area (Å²) in [4.78, 5) is 0. The lowest BCUT2D eigenvalue weighted by Crippen LogP contribution is -2.03. The molecular formula is C21H29N2. The third-order valence-electron chi connectivity index (χ3n) is 4.60. The van der Waals surface area contributed by atoms with Gasteiger partial charge in [-0.2, -0.15) is 0 Å². The second kappa shape index (κ2) is 7.54.